The lowest BCUT2D eigenvalue weighted by Gasteiger charge is -2.39. The van der Waals surface area contributed by atoms with E-state index in [4.69, 9.17) is 0 Å². The van der Waals surface area contributed by atoms with Gasteiger partial charge in [-0.05, 0) is 57.6 Å². The highest BCUT2D eigenvalue weighted by Crippen LogP contribution is 2.20. The Labute approximate surface area is 188 Å². The first-order chi connectivity index (χ1) is 14.3. The minimum absolute atomic E-state index is 0.178. The topological polar surface area (TPSA) is 91.3 Å². The van der Waals surface area contributed by atoms with Gasteiger partial charge in [-0.15, -0.1) is 0 Å². The molecule has 0 atom stereocenters. The molecule has 31 heavy (non-hydrogen) atoms. The smallest absolute Gasteiger partial charge is 0.206 e. The van der Waals surface area contributed by atoms with Crippen LogP contribution in [0.25, 0.3) is 0 Å². The monoisotopic (exact) mass is 475 g/mol. The number of rotatable bonds is 6. The van der Waals surface area contributed by atoms with E-state index in [9.17, 15) is 21.4 Å². The minimum atomic E-state index is -4.27. The maximum Gasteiger partial charge on any atom is 0.206 e. The van der Waals surface area contributed by atoms with Gasteiger partial charge in [0.15, 0.2) is 5.88 Å². The predicted octanol–water partition coefficient (Wildman–Crippen LogP) is 2.52. The van der Waals surface area contributed by atoms with Crippen molar-refractivity contribution in [2.45, 2.75) is 50.3 Å². The zero-order chi connectivity index (χ0) is 23.2. The molecule has 2 fully saturated rings. The van der Waals surface area contributed by atoms with E-state index in [1.807, 2.05) is 6.92 Å². The van der Waals surface area contributed by atoms with E-state index in [0.29, 0.717) is 11.6 Å². The largest absolute Gasteiger partial charge is 0.744 e. The lowest BCUT2D eigenvalue weighted by atomic mass is 10.1. The molecule has 0 amide bonds. The fourth-order valence-corrected chi connectivity index (χ4v) is 7.03. The maximum absolute atomic E-state index is 12.5. The summed E-state index contributed by atoms with van der Waals surface area (Å²) in [5, 5.41) is 0. The van der Waals surface area contributed by atoms with Crippen molar-refractivity contribution in [1.29, 1.82) is 0 Å². The molecule has 0 unspecified atom stereocenters. The molecule has 1 aromatic carbocycles. The van der Waals surface area contributed by atoms with Crippen molar-refractivity contribution in [1.82, 2.24) is 0 Å². The highest BCUT2D eigenvalue weighted by Gasteiger charge is 2.33. The molecular weight excluding hydrogens is 436 g/mol. The van der Waals surface area contributed by atoms with Crippen molar-refractivity contribution < 1.29 is 30.4 Å². The Balaban J connectivity index is 0.000000262. The number of aryl methyl sites for hydroxylation is 1. The average Bonchev–Trinajstić information content (AvgIpc) is 2.67. The van der Waals surface area contributed by atoms with Crippen molar-refractivity contribution in [3.8, 4) is 0 Å². The Morgan fingerprint density at radius 3 is 1.68 bits per heavy atom. The number of quaternary nitrogens is 2. The zero-order valence-corrected chi connectivity index (χ0v) is 20.9. The molecule has 0 aliphatic carbocycles. The van der Waals surface area contributed by atoms with Crippen LogP contribution in [0.2, 0.25) is 0 Å². The van der Waals surface area contributed by atoms with E-state index in [1.165, 1.54) is 50.7 Å². The van der Waals surface area contributed by atoms with Gasteiger partial charge in [0.25, 0.3) is 0 Å². The third-order valence-corrected chi connectivity index (χ3v) is 9.22. The van der Waals surface area contributed by atoms with E-state index in [2.05, 4.69) is 14.1 Å². The van der Waals surface area contributed by atoms with E-state index < -0.39 is 20.0 Å². The number of benzene rings is 1. The van der Waals surface area contributed by atoms with Crippen LogP contribution in [0.5, 0.6) is 0 Å². The standard InChI is InChI=1S/C15H32N2O2S.C7H8O3S/c1-16(9-5-3-6-10-16)13-14-20(18,19)15-17(2)11-7-4-8-12-17;1-6-2-4-7(5-3-6)11(8,9)10/h3-15H2,1-2H3;2-5H,1H3,(H,8,9,10)/q+2;/p-1. The van der Waals surface area contributed by atoms with Gasteiger partial charge in [0, 0.05) is 0 Å². The van der Waals surface area contributed by atoms with E-state index >= 15 is 0 Å². The summed E-state index contributed by atoms with van der Waals surface area (Å²) in [6.07, 6.45) is 7.45. The van der Waals surface area contributed by atoms with Gasteiger partial charge in [-0.25, -0.2) is 16.8 Å². The summed E-state index contributed by atoms with van der Waals surface area (Å²) in [7, 11) is -2.84. The molecule has 2 heterocycles. The summed E-state index contributed by atoms with van der Waals surface area (Å²) in [5.41, 5.74) is 0.928. The fourth-order valence-electron chi connectivity index (χ4n) is 4.51. The Hall–Kier alpha value is -1.00. The van der Waals surface area contributed by atoms with Crippen molar-refractivity contribution >= 4 is 20.0 Å². The molecule has 0 bridgehead atoms. The molecule has 0 saturated carbocycles. The molecule has 7 nitrogen and oxygen atoms in total. The first kappa shape index (κ1) is 26.3. The van der Waals surface area contributed by atoms with Crippen LogP contribution in [0.3, 0.4) is 0 Å². The zero-order valence-electron chi connectivity index (χ0n) is 19.3. The molecule has 9 heteroatoms. The summed E-state index contributed by atoms with van der Waals surface area (Å²) in [6.45, 7) is 7.00. The summed E-state index contributed by atoms with van der Waals surface area (Å²) >= 11 is 0. The van der Waals surface area contributed by atoms with Gasteiger partial charge in [0.2, 0.25) is 9.84 Å². The van der Waals surface area contributed by atoms with Crippen molar-refractivity contribution in [2.75, 3.05) is 58.4 Å². The van der Waals surface area contributed by atoms with E-state index in [0.717, 1.165) is 47.3 Å². The predicted molar refractivity (Wildman–Crippen MR) is 122 cm³/mol. The summed E-state index contributed by atoms with van der Waals surface area (Å²) in [6, 6.07) is 5.78. The number of hydrogen-bond acceptors (Lipinski definition) is 5. The Kier molecular flexibility index (Phi) is 9.10. The van der Waals surface area contributed by atoms with Crippen LogP contribution in [0, 0.1) is 6.92 Å². The molecule has 0 radical (unpaired) electrons. The lowest BCUT2D eigenvalue weighted by molar-refractivity contribution is -0.912. The Morgan fingerprint density at radius 2 is 1.23 bits per heavy atom. The number of hydrogen-bond donors (Lipinski definition) is 0. The second kappa shape index (κ2) is 10.7. The average molecular weight is 476 g/mol. The third-order valence-electron chi connectivity index (χ3n) is 6.55. The van der Waals surface area contributed by atoms with Crippen molar-refractivity contribution in [2.24, 2.45) is 0 Å². The van der Waals surface area contributed by atoms with Crippen molar-refractivity contribution in [3.63, 3.8) is 0 Å². The van der Waals surface area contributed by atoms with Gasteiger partial charge in [-0.1, -0.05) is 17.7 Å². The van der Waals surface area contributed by atoms with Gasteiger partial charge >= 0.3 is 0 Å². The highest BCUT2D eigenvalue weighted by molar-refractivity contribution is 7.91. The molecule has 2 aliphatic heterocycles. The van der Waals surface area contributed by atoms with Gasteiger partial charge in [0.05, 0.1) is 51.7 Å². The molecule has 1 aromatic rings. The highest BCUT2D eigenvalue weighted by atomic mass is 32.2. The molecular formula is C22H39N2O5S2+. The summed E-state index contributed by atoms with van der Waals surface area (Å²) < 4.78 is 57.8. The van der Waals surface area contributed by atoms with Crippen LogP contribution in [-0.4, -0.2) is 88.8 Å². The van der Waals surface area contributed by atoms with E-state index in [1.54, 1.807) is 12.1 Å². The first-order valence-electron chi connectivity index (χ1n) is 11.2. The van der Waals surface area contributed by atoms with Crippen LogP contribution in [0.1, 0.15) is 44.1 Å². The van der Waals surface area contributed by atoms with Gasteiger partial charge in [-0.3, -0.25) is 0 Å². The van der Waals surface area contributed by atoms with Gasteiger partial charge in [0.1, 0.15) is 15.9 Å². The van der Waals surface area contributed by atoms with Crippen LogP contribution in [0.4, 0.5) is 0 Å². The molecule has 0 aromatic heterocycles. The van der Waals surface area contributed by atoms with Gasteiger partial charge in [-0.2, -0.15) is 0 Å². The third kappa shape index (κ3) is 9.18. The van der Waals surface area contributed by atoms with Crippen LogP contribution in [0.15, 0.2) is 29.2 Å². The lowest BCUT2D eigenvalue weighted by Crippen LogP contribution is -2.54. The molecule has 2 aliphatic rings. The van der Waals surface area contributed by atoms with Crippen LogP contribution >= 0.6 is 0 Å². The summed E-state index contributed by atoms with van der Waals surface area (Å²) in [5.74, 6) is 0.727. The summed E-state index contributed by atoms with van der Waals surface area (Å²) in [4.78, 5) is -0.178. The Bertz CT molecular complexity index is 900. The molecule has 0 N–H and O–H groups in total. The number of sulfone groups is 1. The normalized spacial score (nSPS) is 21.0. The SMILES string of the molecule is C[N+]1(CCS(=O)(=O)C[N+]2(C)CCCCC2)CCCCC1.Cc1ccc(S(=O)(=O)[O-])cc1. The minimum Gasteiger partial charge on any atom is -0.744 e. The fraction of sp³-hybridized carbons (Fsp3) is 0.727. The molecule has 3 rings (SSSR count). The number of nitrogens with zero attached hydrogens (tertiary/aromatic N) is 2. The Morgan fingerprint density at radius 1 is 0.774 bits per heavy atom. The molecule has 2 saturated heterocycles. The molecule has 0 spiro atoms. The van der Waals surface area contributed by atoms with Crippen molar-refractivity contribution in [3.05, 3.63) is 29.8 Å². The number of piperidine rings is 2. The quantitative estimate of drug-likeness (QED) is 0.466. The van der Waals surface area contributed by atoms with Crippen LogP contribution in [-0.2, 0) is 20.0 Å². The first-order valence-corrected chi connectivity index (χ1v) is 14.5. The maximum atomic E-state index is 12.5. The van der Waals surface area contributed by atoms with Crippen LogP contribution < -0.4 is 0 Å². The molecule has 178 valence electrons. The second-order valence-electron chi connectivity index (χ2n) is 9.82. The number of likely N-dealkylation sites (tertiary alicyclic amines) is 2. The van der Waals surface area contributed by atoms with Gasteiger partial charge < -0.3 is 13.5 Å². The second-order valence-corrected chi connectivity index (χ2v) is 13.4. The van der Waals surface area contributed by atoms with E-state index in [-0.39, 0.29) is 4.90 Å².